The first-order valence-electron chi connectivity index (χ1n) is 16.9. The minimum atomic E-state index is -1.23. The number of para-hydroxylation sites is 1. The van der Waals surface area contributed by atoms with Crippen molar-refractivity contribution in [3.05, 3.63) is 107 Å². The molecule has 0 radical (unpaired) electrons. The van der Waals surface area contributed by atoms with Crippen molar-refractivity contribution >= 4 is 40.9 Å². The van der Waals surface area contributed by atoms with Gasteiger partial charge < -0.3 is 5.11 Å². The number of halogens is 1. The Hall–Kier alpha value is -4.27. The molecule has 4 amide bonds. The number of aromatic hydroxyl groups is 1. The van der Waals surface area contributed by atoms with Gasteiger partial charge in [0.25, 0.3) is 0 Å². The van der Waals surface area contributed by atoms with Crippen molar-refractivity contribution in [2.75, 3.05) is 18.0 Å². The van der Waals surface area contributed by atoms with E-state index >= 15 is 0 Å². The summed E-state index contributed by atoms with van der Waals surface area (Å²) in [5.74, 6) is -4.01. The lowest BCUT2D eigenvalue weighted by Gasteiger charge is -2.49. The molecular formula is C39H38ClN3O5. The Morgan fingerprint density at radius 2 is 1.54 bits per heavy atom. The van der Waals surface area contributed by atoms with Crippen molar-refractivity contribution in [3.8, 4) is 5.75 Å². The highest BCUT2D eigenvalue weighted by Crippen LogP contribution is 2.64. The Labute approximate surface area is 285 Å². The molecular weight excluding hydrogens is 626 g/mol. The molecule has 9 heteroatoms. The minimum Gasteiger partial charge on any atom is -0.508 e. The fraction of sp³-hybridized carbons (Fsp3) is 0.385. The van der Waals surface area contributed by atoms with Gasteiger partial charge in [-0.25, -0.2) is 4.90 Å². The number of benzene rings is 3. The summed E-state index contributed by atoms with van der Waals surface area (Å²) in [7, 11) is 0. The first-order chi connectivity index (χ1) is 23.2. The molecule has 0 spiro atoms. The molecule has 0 bridgehead atoms. The summed E-state index contributed by atoms with van der Waals surface area (Å²) in [6.07, 6.45) is 4.09. The van der Waals surface area contributed by atoms with Gasteiger partial charge in [0.1, 0.15) is 5.75 Å². The zero-order valence-electron chi connectivity index (χ0n) is 26.8. The number of rotatable bonds is 5. The molecule has 8 nitrogen and oxygen atoms in total. The normalized spacial score (nSPS) is 30.7. The molecule has 3 heterocycles. The molecule has 1 saturated carbocycles. The summed E-state index contributed by atoms with van der Waals surface area (Å²) < 4.78 is 0. The van der Waals surface area contributed by atoms with Crippen molar-refractivity contribution in [3.63, 3.8) is 0 Å². The maximum absolute atomic E-state index is 14.5. The van der Waals surface area contributed by atoms with Gasteiger partial charge in [0, 0.05) is 42.2 Å². The van der Waals surface area contributed by atoms with Crippen LogP contribution in [0.1, 0.15) is 49.7 Å². The fourth-order valence-electron chi connectivity index (χ4n) is 9.50. The van der Waals surface area contributed by atoms with Crippen LogP contribution in [-0.4, -0.2) is 57.7 Å². The number of imide groups is 2. The molecule has 5 aliphatic rings. The number of hydrogen-bond donors (Lipinski definition) is 1. The highest BCUT2D eigenvalue weighted by Gasteiger charge is 2.68. The number of phenols is 1. The van der Waals surface area contributed by atoms with Crippen LogP contribution in [0.25, 0.3) is 0 Å². The molecule has 246 valence electrons. The van der Waals surface area contributed by atoms with Crippen molar-refractivity contribution in [2.24, 2.45) is 29.1 Å². The number of fused-ring (bicyclic) bond motifs is 4. The molecule has 0 unspecified atom stereocenters. The predicted molar refractivity (Wildman–Crippen MR) is 181 cm³/mol. The third-order valence-corrected chi connectivity index (χ3v) is 12.0. The summed E-state index contributed by atoms with van der Waals surface area (Å²) in [5, 5.41) is 11.6. The van der Waals surface area contributed by atoms with Crippen LogP contribution >= 0.6 is 11.6 Å². The standard InChI is InChI=1S/C39H38ClN3O5/c1-39-31(36(46)43(38(39)48)25-10-6-3-7-11-25)21-29-27(34(39)30-20-24(40)12-15-32(30)44)13-14-28-33(29)37(47)42(35(28)45)26-16-18-41(19-17-26)22-23-8-4-2-5-9-23/h2-13,15,20,26,28-29,31,33-34,44H,14,16-19,21-22H2,1H3/t28-,29+,31-,33-,34+,39+/m0/s1. The van der Waals surface area contributed by atoms with Crippen LogP contribution < -0.4 is 4.90 Å². The second-order valence-corrected chi connectivity index (χ2v) is 14.7. The minimum absolute atomic E-state index is 0.0239. The largest absolute Gasteiger partial charge is 0.508 e. The molecule has 2 aliphatic carbocycles. The number of likely N-dealkylation sites (tertiary alicyclic amines) is 2. The van der Waals surface area contributed by atoms with E-state index in [1.165, 1.54) is 16.5 Å². The second-order valence-electron chi connectivity index (χ2n) is 14.2. The van der Waals surface area contributed by atoms with Crippen LogP contribution in [0, 0.1) is 29.1 Å². The molecule has 48 heavy (non-hydrogen) atoms. The van der Waals surface area contributed by atoms with Crippen molar-refractivity contribution < 1.29 is 24.3 Å². The van der Waals surface area contributed by atoms with E-state index < -0.39 is 35.0 Å². The molecule has 6 atom stereocenters. The average Bonchev–Trinajstić information content (AvgIpc) is 3.46. The van der Waals surface area contributed by atoms with E-state index in [0.717, 1.165) is 25.2 Å². The zero-order chi connectivity index (χ0) is 33.3. The Bertz CT molecular complexity index is 1840. The van der Waals surface area contributed by atoms with Gasteiger partial charge in [-0.3, -0.25) is 29.0 Å². The van der Waals surface area contributed by atoms with Crippen LogP contribution in [0.15, 0.2) is 90.5 Å². The SMILES string of the molecule is C[C@@]12C(=O)N(c3ccccc3)C(=O)[C@@H]1C[C@@H]1C(=CC[C@@H]3C(=O)N(C4CCN(Cc5ccccc5)CC4)C(=O)[C@@H]31)[C@@H]2c1cc(Cl)ccc1O. The Kier molecular flexibility index (Phi) is 7.57. The van der Waals surface area contributed by atoms with Gasteiger partial charge in [-0.2, -0.15) is 0 Å². The highest BCUT2D eigenvalue weighted by molar-refractivity contribution is 6.30. The van der Waals surface area contributed by atoms with Gasteiger partial charge in [-0.05, 0) is 74.4 Å². The molecule has 1 N–H and O–H groups in total. The van der Waals surface area contributed by atoms with Gasteiger partial charge >= 0.3 is 0 Å². The Morgan fingerprint density at radius 1 is 0.854 bits per heavy atom. The molecule has 0 aromatic heterocycles. The first kappa shape index (κ1) is 31.0. The van der Waals surface area contributed by atoms with Crippen LogP contribution in [0.2, 0.25) is 5.02 Å². The van der Waals surface area contributed by atoms with E-state index in [2.05, 4.69) is 17.0 Å². The lowest BCUT2D eigenvalue weighted by atomic mass is 9.51. The molecule has 3 aromatic carbocycles. The molecule has 8 rings (SSSR count). The second kappa shape index (κ2) is 11.7. The van der Waals surface area contributed by atoms with E-state index in [0.29, 0.717) is 35.5 Å². The van der Waals surface area contributed by atoms with Crippen molar-refractivity contribution in [2.45, 2.75) is 51.1 Å². The van der Waals surface area contributed by atoms with E-state index in [1.807, 2.05) is 37.3 Å². The molecule has 3 aromatic rings. The van der Waals surface area contributed by atoms with Crippen LogP contribution in [-0.2, 0) is 25.7 Å². The first-order valence-corrected chi connectivity index (χ1v) is 17.3. The van der Waals surface area contributed by atoms with Gasteiger partial charge in [-0.1, -0.05) is 71.8 Å². The molecule has 3 saturated heterocycles. The number of piperidine rings is 1. The van der Waals surface area contributed by atoms with Crippen LogP contribution in [0.3, 0.4) is 0 Å². The third kappa shape index (κ3) is 4.67. The summed E-state index contributed by atoms with van der Waals surface area (Å²) in [4.78, 5) is 62.5. The molecule has 3 aliphatic heterocycles. The zero-order valence-corrected chi connectivity index (χ0v) is 27.6. The van der Waals surface area contributed by atoms with E-state index in [4.69, 9.17) is 11.6 Å². The van der Waals surface area contributed by atoms with E-state index in [-0.39, 0.29) is 41.8 Å². The number of carbonyl (C=O) groups excluding carboxylic acids is 4. The maximum atomic E-state index is 14.5. The summed E-state index contributed by atoms with van der Waals surface area (Å²) in [5.41, 5.74) is 1.79. The number of anilines is 1. The number of hydrogen-bond acceptors (Lipinski definition) is 6. The highest BCUT2D eigenvalue weighted by atomic mass is 35.5. The monoisotopic (exact) mass is 663 g/mol. The number of allylic oxidation sites excluding steroid dienone is 2. The van der Waals surface area contributed by atoms with Crippen LogP contribution in [0.5, 0.6) is 5.75 Å². The topological polar surface area (TPSA) is 98.2 Å². The number of amides is 4. The summed E-state index contributed by atoms with van der Waals surface area (Å²) >= 11 is 6.48. The Morgan fingerprint density at radius 3 is 2.25 bits per heavy atom. The smallest absolute Gasteiger partial charge is 0.241 e. The summed E-state index contributed by atoms with van der Waals surface area (Å²) in [6, 6.07) is 23.8. The number of nitrogens with zero attached hydrogens (tertiary/aromatic N) is 3. The lowest BCUT2D eigenvalue weighted by Crippen LogP contribution is -2.49. The average molecular weight is 664 g/mol. The van der Waals surface area contributed by atoms with Gasteiger partial charge in [0.15, 0.2) is 0 Å². The predicted octanol–water partition coefficient (Wildman–Crippen LogP) is 5.94. The Balaban J connectivity index is 1.13. The quantitative estimate of drug-likeness (QED) is 0.268. The van der Waals surface area contributed by atoms with Crippen molar-refractivity contribution in [1.82, 2.24) is 9.80 Å². The maximum Gasteiger partial charge on any atom is 0.241 e. The van der Waals surface area contributed by atoms with Gasteiger partial charge in [0.2, 0.25) is 23.6 Å². The van der Waals surface area contributed by atoms with E-state index in [1.54, 1.807) is 41.3 Å². The molecule has 4 fully saturated rings. The fourth-order valence-corrected chi connectivity index (χ4v) is 9.68. The van der Waals surface area contributed by atoms with Crippen molar-refractivity contribution in [1.29, 1.82) is 0 Å². The summed E-state index contributed by atoms with van der Waals surface area (Å²) in [6.45, 7) is 4.23. The lowest BCUT2D eigenvalue weighted by molar-refractivity contribution is -0.144. The van der Waals surface area contributed by atoms with Crippen LogP contribution in [0.4, 0.5) is 5.69 Å². The third-order valence-electron chi connectivity index (χ3n) is 11.8. The van der Waals surface area contributed by atoms with Gasteiger partial charge in [0.05, 0.1) is 28.9 Å². The number of carbonyl (C=O) groups is 4. The number of phenolic OH excluding ortho intramolecular Hbond substituents is 1. The van der Waals surface area contributed by atoms with E-state index in [9.17, 15) is 24.3 Å². The van der Waals surface area contributed by atoms with Gasteiger partial charge in [-0.15, -0.1) is 0 Å².